The number of amidine groups is 1. The number of amides is 1. The number of nitrogens with zero attached hydrogens (tertiary/aromatic N) is 2. The Labute approximate surface area is 167 Å². The molecule has 5 nitrogen and oxygen atoms in total. The number of ether oxygens (including phenoxy) is 2. The van der Waals surface area contributed by atoms with Gasteiger partial charge in [-0.05, 0) is 68.1 Å². The third kappa shape index (κ3) is 3.89. The molecule has 1 amide bonds. The highest BCUT2D eigenvalue weighted by Crippen LogP contribution is 2.38. The van der Waals surface area contributed by atoms with Gasteiger partial charge in [-0.3, -0.25) is 9.69 Å². The van der Waals surface area contributed by atoms with Crippen molar-refractivity contribution in [3.05, 3.63) is 58.2 Å². The quantitative estimate of drug-likeness (QED) is 0.678. The predicted molar refractivity (Wildman–Crippen MR) is 111 cm³/mol. The molecule has 1 aliphatic heterocycles. The van der Waals surface area contributed by atoms with Gasteiger partial charge in [-0.15, -0.1) is 0 Å². The van der Waals surface area contributed by atoms with Crippen LogP contribution in [0, 0.1) is 12.7 Å². The third-order valence-electron chi connectivity index (χ3n) is 4.35. The van der Waals surface area contributed by atoms with Gasteiger partial charge in [0.2, 0.25) is 0 Å². The van der Waals surface area contributed by atoms with Crippen LogP contribution in [-0.2, 0) is 4.79 Å². The molecule has 1 heterocycles. The van der Waals surface area contributed by atoms with Crippen LogP contribution in [0.5, 0.6) is 11.5 Å². The fraction of sp³-hybridized carbons (Fsp3) is 0.238. The van der Waals surface area contributed by atoms with Gasteiger partial charge in [-0.2, -0.15) is 0 Å². The number of carbonyl (C=O) groups is 1. The molecule has 0 N–H and O–H groups in total. The molecule has 0 radical (unpaired) electrons. The molecule has 0 atom stereocenters. The molecule has 1 saturated heterocycles. The number of likely N-dealkylation sites (N-methyl/N-ethyl adjacent to an activating group) is 1. The molecule has 0 unspecified atom stereocenters. The second-order valence-electron chi connectivity index (χ2n) is 6.05. The molecular weight excluding hydrogens is 379 g/mol. The summed E-state index contributed by atoms with van der Waals surface area (Å²) in [7, 11) is 3.20. The molecule has 3 rings (SSSR count). The van der Waals surface area contributed by atoms with E-state index in [9.17, 15) is 9.18 Å². The molecule has 146 valence electrons. The molecule has 7 heteroatoms. The van der Waals surface area contributed by atoms with Crippen LogP contribution in [0.2, 0.25) is 0 Å². The lowest BCUT2D eigenvalue weighted by molar-refractivity contribution is -0.122. The summed E-state index contributed by atoms with van der Waals surface area (Å²) in [6, 6.07) is 9.56. The van der Waals surface area contributed by atoms with E-state index in [-0.39, 0.29) is 11.7 Å². The van der Waals surface area contributed by atoms with Crippen LogP contribution in [0.25, 0.3) is 6.08 Å². The van der Waals surface area contributed by atoms with E-state index in [1.54, 1.807) is 37.3 Å². The second kappa shape index (κ2) is 8.48. The maximum Gasteiger partial charge on any atom is 0.266 e. The number of thioether (sulfide) groups is 1. The van der Waals surface area contributed by atoms with E-state index >= 15 is 0 Å². The van der Waals surface area contributed by atoms with Crippen LogP contribution in [-0.4, -0.2) is 36.7 Å². The summed E-state index contributed by atoms with van der Waals surface area (Å²) in [5.41, 5.74) is 2.24. The average Bonchev–Trinajstić information content (AvgIpc) is 2.98. The highest BCUT2D eigenvalue weighted by atomic mass is 32.2. The molecular formula is C21H21FN2O3S. The van der Waals surface area contributed by atoms with Crippen molar-refractivity contribution < 1.29 is 18.7 Å². The smallest absolute Gasteiger partial charge is 0.266 e. The molecule has 0 saturated carbocycles. The van der Waals surface area contributed by atoms with E-state index in [0.717, 1.165) is 16.9 Å². The Balaban J connectivity index is 1.98. The van der Waals surface area contributed by atoms with Gasteiger partial charge in [-0.1, -0.05) is 0 Å². The molecule has 0 aliphatic carbocycles. The predicted octanol–water partition coefficient (Wildman–Crippen LogP) is 4.78. The van der Waals surface area contributed by atoms with Gasteiger partial charge < -0.3 is 9.47 Å². The molecule has 0 spiro atoms. The first kappa shape index (κ1) is 19.9. The molecule has 1 aliphatic rings. The van der Waals surface area contributed by atoms with Gasteiger partial charge in [0.1, 0.15) is 17.3 Å². The summed E-state index contributed by atoms with van der Waals surface area (Å²) < 4.78 is 24.0. The number of halogens is 1. The fourth-order valence-corrected chi connectivity index (χ4v) is 3.99. The van der Waals surface area contributed by atoms with Crippen molar-refractivity contribution in [2.45, 2.75) is 13.8 Å². The highest BCUT2D eigenvalue weighted by Gasteiger charge is 2.32. The number of aliphatic imine (C=N–C) groups is 1. The Morgan fingerprint density at radius 2 is 1.86 bits per heavy atom. The zero-order valence-corrected chi connectivity index (χ0v) is 17.0. The lowest BCUT2D eigenvalue weighted by Crippen LogP contribution is -2.28. The Bertz CT molecular complexity index is 955. The molecule has 1 fully saturated rings. The van der Waals surface area contributed by atoms with Crippen LogP contribution in [0.3, 0.4) is 0 Å². The van der Waals surface area contributed by atoms with Crippen LogP contribution in [0.1, 0.15) is 18.1 Å². The van der Waals surface area contributed by atoms with E-state index in [2.05, 4.69) is 4.99 Å². The first-order valence-electron chi connectivity index (χ1n) is 8.75. The SMILES string of the molecule is CCN1C(=O)/C(=C\c2ccc(OC)c(C)c2OC)SC1=Nc1ccc(F)cc1. The van der Waals surface area contributed by atoms with Crippen molar-refractivity contribution in [2.75, 3.05) is 20.8 Å². The van der Waals surface area contributed by atoms with Gasteiger partial charge in [0, 0.05) is 17.7 Å². The number of hydrogen-bond donors (Lipinski definition) is 0. The molecule has 28 heavy (non-hydrogen) atoms. The minimum absolute atomic E-state index is 0.121. The van der Waals surface area contributed by atoms with E-state index in [1.807, 2.05) is 26.0 Å². The van der Waals surface area contributed by atoms with Gasteiger partial charge in [-0.25, -0.2) is 9.38 Å². The first-order chi connectivity index (χ1) is 13.5. The largest absolute Gasteiger partial charge is 0.496 e. The molecule has 2 aromatic carbocycles. The number of carbonyl (C=O) groups excluding carboxylic acids is 1. The normalized spacial score (nSPS) is 16.9. The van der Waals surface area contributed by atoms with E-state index < -0.39 is 0 Å². The zero-order chi connectivity index (χ0) is 20.3. The van der Waals surface area contributed by atoms with Crippen molar-refractivity contribution in [1.29, 1.82) is 0 Å². The highest BCUT2D eigenvalue weighted by molar-refractivity contribution is 8.18. The van der Waals surface area contributed by atoms with E-state index in [4.69, 9.17) is 9.47 Å². The maximum atomic E-state index is 13.1. The topological polar surface area (TPSA) is 51.1 Å². The van der Waals surface area contributed by atoms with Crippen LogP contribution >= 0.6 is 11.8 Å². The summed E-state index contributed by atoms with van der Waals surface area (Å²) in [5, 5.41) is 0.564. The summed E-state index contributed by atoms with van der Waals surface area (Å²) >= 11 is 1.29. The number of methoxy groups -OCH3 is 2. The Hall–Kier alpha value is -2.80. The lowest BCUT2D eigenvalue weighted by Gasteiger charge is -2.13. The number of hydrogen-bond acceptors (Lipinski definition) is 5. The molecule has 0 aromatic heterocycles. The molecule has 0 bridgehead atoms. The standard InChI is InChI=1S/C21H21FN2O3S/c1-5-24-20(25)18(28-21(24)23-16-9-7-15(22)8-10-16)12-14-6-11-17(26-3)13(2)19(14)27-4/h6-12H,5H2,1-4H3/b18-12+,23-21?. The van der Waals surface area contributed by atoms with Crippen molar-refractivity contribution in [2.24, 2.45) is 4.99 Å². The van der Waals surface area contributed by atoms with Gasteiger partial charge >= 0.3 is 0 Å². The number of benzene rings is 2. The summed E-state index contributed by atoms with van der Waals surface area (Å²) in [4.78, 5) is 19.5. The van der Waals surface area contributed by atoms with Crippen LogP contribution in [0.4, 0.5) is 10.1 Å². The van der Waals surface area contributed by atoms with Gasteiger partial charge in [0.15, 0.2) is 5.17 Å². The maximum absolute atomic E-state index is 13.1. The van der Waals surface area contributed by atoms with Crippen LogP contribution in [0.15, 0.2) is 46.3 Å². The Morgan fingerprint density at radius 3 is 2.46 bits per heavy atom. The monoisotopic (exact) mass is 400 g/mol. The first-order valence-corrected chi connectivity index (χ1v) is 9.57. The van der Waals surface area contributed by atoms with Crippen molar-refractivity contribution in [3.8, 4) is 11.5 Å². The number of rotatable bonds is 5. The zero-order valence-electron chi connectivity index (χ0n) is 16.2. The fourth-order valence-electron chi connectivity index (χ4n) is 2.94. The molecule has 2 aromatic rings. The Kier molecular flexibility index (Phi) is 6.04. The minimum atomic E-state index is -0.325. The lowest BCUT2D eigenvalue weighted by atomic mass is 10.1. The van der Waals surface area contributed by atoms with Crippen molar-refractivity contribution in [1.82, 2.24) is 4.90 Å². The Morgan fingerprint density at radius 1 is 1.14 bits per heavy atom. The minimum Gasteiger partial charge on any atom is -0.496 e. The van der Waals surface area contributed by atoms with E-state index in [1.165, 1.54) is 23.9 Å². The summed E-state index contributed by atoms with van der Waals surface area (Å²) in [6.07, 6.45) is 1.80. The van der Waals surface area contributed by atoms with Crippen LogP contribution < -0.4 is 9.47 Å². The van der Waals surface area contributed by atoms with Crippen molar-refractivity contribution in [3.63, 3.8) is 0 Å². The summed E-state index contributed by atoms with van der Waals surface area (Å²) in [6.45, 7) is 4.28. The van der Waals surface area contributed by atoms with Crippen molar-refractivity contribution >= 4 is 34.6 Å². The summed E-state index contributed by atoms with van der Waals surface area (Å²) in [5.74, 6) is 0.934. The van der Waals surface area contributed by atoms with Gasteiger partial charge in [0.05, 0.1) is 24.8 Å². The third-order valence-corrected chi connectivity index (χ3v) is 5.36. The van der Waals surface area contributed by atoms with E-state index in [0.29, 0.717) is 28.1 Å². The average molecular weight is 400 g/mol. The second-order valence-corrected chi connectivity index (χ2v) is 7.06. The van der Waals surface area contributed by atoms with Gasteiger partial charge in [0.25, 0.3) is 5.91 Å².